The summed E-state index contributed by atoms with van der Waals surface area (Å²) in [4.78, 5) is 0. The van der Waals surface area contributed by atoms with Crippen LogP contribution in [-0.4, -0.2) is 5.16 Å². The molecule has 0 aliphatic rings. The molecule has 0 bridgehead atoms. The average Bonchev–Trinajstić information content (AvgIpc) is 2.92. The van der Waals surface area contributed by atoms with Crippen LogP contribution in [0.5, 0.6) is 0 Å². The molecule has 0 fully saturated rings. The molecular formula is C18H17NO. The topological polar surface area (TPSA) is 26.0 Å². The summed E-state index contributed by atoms with van der Waals surface area (Å²) in [5.74, 6) is 0.809. The van der Waals surface area contributed by atoms with Gasteiger partial charge in [0.2, 0.25) is 0 Å². The molecule has 1 aromatic heterocycles. The maximum atomic E-state index is 5.48. The summed E-state index contributed by atoms with van der Waals surface area (Å²) in [6.07, 6.45) is 0. The van der Waals surface area contributed by atoms with Crippen molar-refractivity contribution in [3.8, 4) is 22.6 Å². The Morgan fingerprint density at radius 2 is 1.45 bits per heavy atom. The van der Waals surface area contributed by atoms with Gasteiger partial charge in [-0.15, -0.1) is 0 Å². The Kier molecular flexibility index (Phi) is 3.15. The first-order valence-electron chi connectivity index (χ1n) is 6.75. The van der Waals surface area contributed by atoms with Crippen molar-refractivity contribution >= 4 is 0 Å². The van der Waals surface area contributed by atoms with Crippen molar-refractivity contribution in [2.24, 2.45) is 0 Å². The second-order valence-corrected chi connectivity index (χ2v) is 5.24. The highest BCUT2D eigenvalue weighted by Gasteiger charge is 2.09. The van der Waals surface area contributed by atoms with Crippen molar-refractivity contribution in [1.29, 1.82) is 0 Å². The molecule has 0 spiro atoms. The number of hydrogen-bond donors (Lipinski definition) is 0. The molecule has 0 atom stereocenters. The van der Waals surface area contributed by atoms with Gasteiger partial charge in [-0.3, -0.25) is 0 Å². The standard InChI is InChI=1S/C18H17NO/c1-12-4-7-15(8-5-12)17-11-18(20-19-17)16-9-6-13(2)14(3)10-16/h4-11H,1-3H3. The Bertz CT molecular complexity index is 738. The first kappa shape index (κ1) is 12.7. The van der Waals surface area contributed by atoms with Gasteiger partial charge in [0.05, 0.1) is 0 Å². The maximum absolute atomic E-state index is 5.48. The summed E-state index contributed by atoms with van der Waals surface area (Å²) in [5, 5.41) is 4.17. The van der Waals surface area contributed by atoms with E-state index < -0.39 is 0 Å². The first-order valence-corrected chi connectivity index (χ1v) is 6.75. The van der Waals surface area contributed by atoms with Crippen LogP contribution < -0.4 is 0 Å². The Labute approximate surface area is 119 Å². The SMILES string of the molecule is Cc1ccc(-c2cc(-c3ccc(C)c(C)c3)on2)cc1. The summed E-state index contributed by atoms with van der Waals surface area (Å²) in [7, 11) is 0. The summed E-state index contributed by atoms with van der Waals surface area (Å²) in [6.45, 7) is 6.29. The molecular weight excluding hydrogens is 246 g/mol. The minimum Gasteiger partial charge on any atom is -0.356 e. The van der Waals surface area contributed by atoms with E-state index in [1.165, 1.54) is 16.7 Å². The van der Waals surface area contributed by atoms with Gasteiger partial charge in [-0.05, 0) is 38.0 Å². The summed E-state index contributed by atoms with van der Waals surface area (Å²) >= 11 is 0. The van der Waals surface area contributed by atoms with E-state index in [1.54, 1.807) is 0 Å². The molecule has 2 nitrogen and oxygen atoms in total. The van der Waals surface area contributed by atoms with Crippen molar-refractivity contribution in [3.63, 3.8) is 0 Å². The van der Waals surface area contributed by atoms with Crippen LogP contribution in [-0.2, 0) is 0 Å². The van der Waals surface area contributed by atoms with Crippen molar-refractivity contribution in [2.75, 3.05) is 0 Å². The lowest BCUT2D eigenvalue weighted by Crippen LogP contribution is -1.81. The predicted octanol–water partition coefficient (Wildman–Crippen LogP) is 4.93. The molecule has 2 aromatic carbocycles. The number of aromatic nitrogens is 1. The zero-order valence-electron chi connectivity index (χ0n) is 12.0. The van der Waals surface area contributed by atoms with Crippen LogP contribution >= 0.6 is 0 Å². The van der Waals surface area contributed by atoms with Crippen LogP contribution in [0, 0.1) is 20.8 Å². The molecule has 0 unspecified atom stereocenters. The first-order chi connectivity index (χ1) is 9.63. The minimum atomic E-state index is 0.809. The van der Waals surface area contributed by atoms with Crippen molar-refractivity contribution in [3.05, 3.63) is 65.2 Å². The molecule has 2 heteroatoms. The lowest BCUT2D eigenvalue weighted by atomic mass is 10.0. The van der Waals surface area contributed by atoms with Gasteiger partial charge in [-0.1, -0.05) is 47.1 Å². The van der Waals surface area contributed by atoms with E-state index >= 15 is 0 Å². The molecule has 0 aliphatic heterocycles. The number of rotatable bonds is 2. The highest BCUT2D eigenvalue weighted by molar-refractivity contribution is 5.67. The highest BCUT2D eigenvalue weighted by Crippen LogP contribution is 2.27. The fourth-order valence-corrected chi connectivity index (χ4v) is 2.17. The minimum absolute atomic E-state index is 0.809. The van der Waals surface area contributed by atoms with E-state index in [9.17, 15) is 0 Å². The van der Waals surface area contributed by atoms with Crippen LogP contribution in [0.15, 0.2) is 53.1 Å². The molecule has 0 radical (unpaired) electrons. The smallest absolute Gasteiger partial charge is 0.167 e. The van der Waals surface area contributed by atoms with Crippen LogP contribution in [0.4, 0.5) is 0 Å². The molecule has 1 heterocycles. The normalized spacial score (nSPS) is 10.8. The van der Waals surface area contributed by atoms with Gasteiger partial charge < -0.3 is 4.52 Å². The van der Waals surface area contributed by atoms with E-state index in [4.69, 9.17) is 4.52 Å². The van der Waals surface area contributed by atoms with Gasteiger partial charge >= 0.3 is 0 Å². The second kappa shape index (κ2) is 4.97. The van der Waals surface area contributed by atoms with E-state index in [-0.39, 0.29) is 0 Å². The van der Waals surface area contributed by atoms with E-state index in [2.05, 4.69) is 68.4 Å². The van der Waals surface area contributed by atoms with E-state index in [0.717, 1.165) is 22.6 Å². The van der Waals surface area contributed by atoms with Gasteiger partial charge in [-0.2, -0.15) is 0 Å². The van der Waals surface area contributed by atoms with E-state index in [0.29, 0.717) is 0 Å². The number of nitrogens with zero attached hydrogens (tertiary/aromatic N) is 1. The van der Waals surface area contributed by atoms with Crippen LogP contribution in [0.25, 0.3) is 22.6 Å². The zero-order valence-corrected chi connectivity index (χ0v) is 12.0. The lowest BCUT2D eigenvalue weighted by Gasteiger charge is -2.01. The predicted molar refractivity (Wildman–Crippen MR) is 81.6 cm³/mol. The van der Waals surface area contributed by atoms with Crippen LogP contribution in [0.1, 0.15) is 16.7 Å². The molecule has 0 aliphatic carbocycles. The average molecular weight is 263 g/mol. The summed E-state index contributed by atoms with van der Waals surface area (Å²) in [5.41, 5.74) is 6.81. The molecule has 20 heavy (non-hydrogen) atoms. The van der Waals surface area contributed by atoms with E-state index in [1.807, 2.05) is 6.07 Å². The summed E-state index contributed by atoms with van der Waals surface area (Å²) < 4.78 is 5.48. The van der Waals surface area contributed by atoms with Crippen molar-refractivity contribution in [2.45, 2.75) is 20.8 Å². The van der Waals surface area contributed by atoms with Gasteiger partial charge in [0, 0.05) is 17.2 Å². The lowest BCUT2D eigenvalue weighted by molar-refractivity contribution is 0.435. The molecule has 3 rings (SSSR count). The second-order valence-electron chi connectivity index (χ2n) is 5.24. The molecule has 0 N–H and O–H groups in total. The number of benzene rings is 2. The Morgan fingerprint density at radius 1 is 0.750 bits per heavy atom. The third-order valence-corrected chi connectivity index (χ3v) is 3.65. The zero-order chi connectivity index (χ0) is 14.1. The third kappa shape index (κ3) is 2.37. The number of hydrogen-bond acceptors (Lipinski definition) is 2. The molecule has 0 amide bonds. The third-order valence-electron chi connectivity index (χ3n) is 3.65. The monoisotopic (exact) mass is 263 g/mol. The van der Waals surface area contributed by atoms with Crippen molar-refractivity contribution in [1.82, 2.24) is 5.16 Å². The Hall–Kier alpha value is -2.35. The summed E-state index contributed by atoms with van der Waals surface area (Å²) in [6, 6.07) is 16.6. The quantitative estimate of drug-likeness (QED) is 0.655. The maximum Gasteiger partial charge on any atom is 0.167 e. The Balaban J connectivity index is 1.97. The number of aryl methyl sites for hydroxylation is 3. The molecule has 0 saturated carbocycles. The molecule has 100 valence electrons. The fourth-order valence-electron chi connectivity index (χ4n) is 2.17. The van der Waals surface area contributed by atoms with Gasteiger partial charge in [0.25, 0.3) is 0 Å². The van der Waals surface area contributed by atoms with Gasteiger partial charge in [-0.25, -0.2) is 0 Å². The van der Waals surface area contributed by atoms with Crippen molar-refractivity contribution < 1.29 is 4.52 Å². The van der Waals surface area contributed by atoms with Crippen LogP contribution in [0.3, 0.4) is 0 Å². The fraction of sp³-hybridized carbons (Fsp3) is 0.167. The molecule has 0 saturated heterocycles. The Morgan fingerprint density at radius 3 is 2.15 bits per heavy atom. The van der Waals surface area contributed by atoms with Crippen LogP contribution in [0.2, 0.25) is 0 Å². The highest BCUT2D eigenvalue weighted by atomic mass is 16.5. The van der Waals surface area contributed by atoms with Gasteiger partial charge in [0.1, 0.15) is 5.69 Å². The van der Waals surface area contributed by atoms with Gasteiger partial charge in [0.15, 0.2) is 5.76 Å². The largest absolute Gasteiger partial charge is 0.356 e. The molecule has 3 aromatic rings.